The molecule has 1 heterocycles. The molecule has 0 N–H and O–H groups in total. The molecule has 0 radical (unpaired) electrons. The molecule has 0 aliphatic carbocycles. The van der Waals surface area contributed by atoms with Crippen LogP contribution in [-0.2, 0) is 20.7 Å². The number of carbonyl (C=O) groups excluding carboxylic acids is 2. The smallest absolute Gasteiger partial charge is 0.305 e. The third-order valence-electron chi connectivity index (χ3n) is 2.53. The van der Waals surface area contributed by atoms with Gasteiger partial charge in [0, 0.05) is 25.4 Å². The first-order valence-electron chi connectivity index (χ1n) is 5.74. The van der Waals surface area contributed by atoms with Crippen LogP contribution in [-0.4, -0.2) is 42.5 Å². The van der Waals surface area contributed by atoms with Gasteiger partial charge in [0.2, 0.25) is 5.91 Å². The maximum Gasteiger partial charge on any atom is 0.305 e. The summed E-state index contributed by atoms with van der Waals surface area (Å²) < 4.78 is 4.54. The Kier molecular flexibility index (Phi) is 5.77. The normalized spacial score (nSPS) is 10.2. The summed E-state index contributed by atoms with van der Waals surface area (Å²) in [5.74, 6) is -0.226. The lowest BCUT2D eigenvalue weighted by Crippen LogP contribution is -2.29. The van der Waals surface area contributed by atoms with Crippen LogP contribution in [0.3, 0.4) is 0 Å². The van der Waals surface area contributed by atoms with Crippen molar-refractivity contribution in [2.75, 3.05) is 20.7 Å². The van der Waals surface area contributed by atoms with E-state index in [1.165, 1.54) is 18.4 Å². The van der Waals surface area contributed by atoms with Crippen molar-refractivity contribution in [2.24, 2.45) is 0 Å². The summed E-state index contributed by atoms with van der Waals surface area (Å²) in [4.78, 5) is 28.6. The number of rotatable bonds is 6. The van der Waals surface area contributed by atoms with E-state index in [0.717, 1.165) is 10.7 Å². The largest absolute Gasteiger partial charge is 0.469 e. The summed E-state index contributed by atoms with van der Waals surface area (Å²) in [6, 6.07) is 0. The standard InChI is InChI=1S/C12H18N2O3S/c1-9-13-10(8-18-9)7-11(15)14(2)6-4-5-12(16)17-3/h8H,4-7H2,1-3H3. The van der Waals surface area contributed by atoms with Crippen LogP contribution in [0.4, 0.5) is 0 Å². The fourth-order valence-corrected chi connectivity index (χ4v) is 2.08. The lowest BCUT2D eigenvalue weighted by Gasteiger charge is -2.16. The van der Waals surface area contributed by atoms with Crippen molar-refractivity contribution in [3.8, 4) is 0 Å². The van der Waals surface area contributed by atoms with Gasteiger partial charge < -0.3 is 9.64 Å². The van der Waals surface area contributed by atoms with Gasteiger partial charge in [-0.05, 0) is 13.3 Å². The van der Waals surface area contributed by atoms with Crippen LogP contribution >= 0.6 is 11.3 Å². The zero-order valence-corrected chi connectivity index (χ0v) is 11.7. The quantitative estimate of drug-likeness (QED) is 0.733. The summed E-state index contributed by atoms with van der Waals surface area (Å²) in [7, 11) is 3.10. The van der Waals surface area contributed by atoms with Crippen LogP contribution in [0.1, 0.15) is 23.5 Å². The van der Waals surface area contributed by atoms with Crippen molar-refractivity contribution in [1.82, 2.24) is 9.88 Å². The summed E-state index contributed by atoms with van der Waals surface area (Å²) >= 11 is 1.54. The zero-order chi connectivity index (χ0) is 13.5. The first-order valence-corrected chi connectivity index (χ1v) is 6.62. The Labute approximate surface area is 111 Å². The first kappa shape index (κ1) is 14.6. The van der Waals surface area contributed by atoms with Crippen molar-refractivity contribution in [3.05, 3.63) is 16.1 Å². The van der Waals surface area contributed by atoms with Crippen molar-refractivity contribution >= 4 is 23.2 Å². The van der Waals surface area contributed by atoms with Crippen LogP contribution in [0.15, 0.2) is 5.38 Å². The van der Waals surface area contributed by atoms with Gasteiger partial charge in [-0.25, -0.2) is 4.98 Å². The molecule has 0 atom stereocenters. The molecule has 0 bridgehead atoms. The van der Waals surface area contributed by atoms with E-state index >= 15 is 0 Å². The molecular weight excluding hydrogens is 252 g/mol. The predicted octanol–water partition coefficient (Wildman–Crippen LogP) is 1.41. The Morgan fingerprint density at radius 3 is 2.78 bits per heavy atom. The number of likely N-dealkylation sites (N-methyl/N-ethyl adjacent to an activating group) is 1. The molecule has 0 aromatic carbocycles. The van der Waals surface area contributed by atoms with E-state index < -0.39 is 0 Å². The molecule has 1 amide bonds. The number of amides is 1. The van der Waals surface area contributed by atoms with Crippen LogP contribution < -0.4 is 0 Å². The topological polar surface area (TPSA) is 59.5 Å². The number of methoxy groups -OCH3 is 1. The minimum Gasteiger partial charge on any atom is -0.469 e. The number of hydrogen-bond acceptors (Lipinski definition) is 5. The van der Waals surface area contributed by atoms with Crippen molar-refractivity contribution in [1.29, 1.82) is 0 Å². The SMILES string of the molecule is COC(=O)CCCN(C)C(=O)Cc1csc(C)n1. The summed E-state index contributed by atoms with van der Waals surface area (Å²) in [5.41, 5.74) is 0.808. The Balaban J connectivity index is 2.31. The molecule has 0 saturated heterocycles. The lowest BCUT2D eigenvalue weighted by atomic mass is 10.2. The van der Waals surface area contributed by atoms with Crippen LogP contribution in [0.25, 0.3) is 0 Å². The lowest BCUT2D eigenvalue weighted by molar-refractivity contribution is -0.141. The molecule has 1 rings (SSSR count). The van der Waals surface area contributed by atoms with Gasteiger partial charge >= 0.3 is 5.97 Å². The number of hydrogen-bond donors (Lipinski definition) is 0. The van der Waals surface area contributed by atoms with E-state index in [1.807, 2.05) is 12.3 Å². The molecule has 1 aromatic rings. The highest BCUT2D eigenvalue weighted by atomic mass is 32.1. The average molecular weight is 270 g/mol. The minimum absolute atomic E-state index is 0.0187. The molecule has 0 aliphatic heterocycles. The molecule has 0 unspecified atom stereocenters. The van der Waals surface area contributed by atoms with Crippen molar-refractivity contribution in [2.45, 2.75) is 26.2 Å². The molecule has 1 aromatic heterocycles. The molecule has 0 saturated carbocycles. The number of nitrogens with zero attached hydrogens (tertiary/aromatic N) is 2. The number of aryl methyl sites for hydroxylation is 1. The highest BCUT2D eigenvalue weighted by Crippen LogP contribution is 2.09. The molecule has 18 heavy (non-hydrogen) atoms. The fourth-order valence-electron chi connectivity index (χ4n) is 1.47. The van der Waals surface area contributed by atoms with Crippen LogP contribution in [0, 0.1) is 6.92 Å². The van der Waals surface area contributed by atoms with E-state index in [0.29, 0.717) is 25.8 Å². The summed E-state index contributed by atoms with van der Waals surface area (Å²) in [6.45, 7) is 2.47. The Bertz CT molecular complexity index is 417. The van der Waals surface area contributed by atoms with Gasteiger partial charge in [0.05, 0.1) is 24.2 Å². The van der Waals surface area contributed by atoms with Gasteiger partial charge in [-0.15, -0.1) is 11.3 Å². The Morgan fingerprint density at radius 1 is 1.50 bits per heavy atom. The first-order chi connectivity index (χ1) is 8.52. The fraction of sp³-hybridized carbons (Fsp3) is 0.583. The molecule has 0 fully saturated rings. The van der Waals surface area contributed by atoms with E-state index in [1.54, 1.807) is 11.9 Å². The molecule has 0 aliphatic rings. The van der Waals surface area contributed by atoms with Crippen LogP contribution in [0.2, 0.25) is 0 Å². The Morgan fingerprint density at radius 2 is 2.22 bits per heavy atom. The third kappa shape index (κ3) is 4.83. The van der Waals surface area contributed by atoms with E-state index in [9.17, 15) is 9.59 Å². The van der Waals surface area contributed by atoms with E-state index in [-0.39, 0.29) is 11.9 Å². The second kappa shape index (κ2) is 7.10. The van der Waals surface area contributed by atoms with Gasteiger partial charge in [0.15, 0.2) is 0 Å². The summed E-state index contributed by atoms with van der Waals surface area (Å²) in [6.07, 6.45) is 1.27. The highest BCUT2D eigenvalue weighted by Gasteiger charge is 2.12. The molecule has 100 valence electrons. The molecule has 0 spiro atoms. The molecule has 5 nitrogen and oxygen atoms in total. The number of aromatic nitrogens is 1. The maximum atomic E-state index is 11.8. The van der Waals surface area contributed by atoms with Gasteiger partial charge in [0.25, 0.3) is 0 Å². The van der Waals surface area contributed by atoms with Gasteiger partial charge in [0.1, 0.15) is 0 Å². The molecule has 6 heteroatoms. The zero-order valence-electron chi connectivity index (χ0n) is 10.9. The molecular formula is C12H18N2O3S. The van der Waals surface area contributed by atoms with Gasteiger partial charge in [-0.1, -0.05) is 0 Å². The number of thiazole rings is 1. The number of carbonyl (C=O) groups is 2. The number of esters is 1. The van der Waals surface area contributed by atoms with E-state index in [2.05, 4.69) is 9.72 Å². The van der Waals surface area contributed by atoms with Gasteiger partial charge in [-0.3, -0.25) is 9.59 Å². The second-order valence-corrected chi connectivity index (χ2v) is 5.09. The number of ether oxygens (including phenoxy) is 1. The second-order valence-electron chi connectivity index (χ2n) is 4.03. The Hall–Kier alpha value is -1.43. The monoisotopic (exact) mass is 270 g/mol. The minimum atomic E-state index is -0.244. The van der Waals surface area contributed by atoms with Crippen molar-refractivity contribution in [3.63, 3.8) is 0 Å². The third-order valence-corrected chi connectivity index (χ3v) is 3.35. The predicted molar refractivity (Wildman–Crippen MR) is 69.4 cm³/mol. The van der Waals surface area contributed by atoms with Crippen LogP contribution in [0.5, 0.6) is 0 Å². The average Bonchev–Trinajstić information content (AvgIpc) is 2.74. The summed E-state index contributed by atoms with van der Waals surface area (Å²) in [5, 5.41) is 2.86. The van der Waals surface area contributed by atoms with Gasteiger partial charge in [-0.2, -0.15) is 0 Å². The maximum absolute atomic E-state index is 11.8. The highest BCUT2D eigenvalue weighted by molar-refractivity contribution is 7.09. The van der Waals surface area contributed by atoms with Crippen molar-refractivity contribution < 1.29 is 14.3 Å². The van der Waals surface area contributed by atoms with E-state index in [4.69, 9.17) is 0 Å².